The first-order valence-corrected chi connectivity index (χ1v) is 8.15. The van der Waals surface area contributed by atoms with Gasteiger partial charge in [-0.05, 0) is 64.1 Å². The lowest BCUT2D eigenvalue weighted by atomic mass is 9.79. The summed E-state index contributed by atoms with van der Waals surface area (Å²) in [6, 6.07) is 3.91. The molecule has 0 N–H and O–H groups in total. The second kappa shape index (κ2) is 5.81. The van der Waals surface area contributed by atoms with E-state index in [-0.39, 0.29) is 5.92 Å². The molecule has 2 heterocycles. The van der Waals surface area contributed by atoms with Crippen LogP contribution in [0.1, 0.15) is 45.4 Å². The molecule has 1 saturated carbocycles. The average Bonchev–Trinajstić information content (AvgIpc) is 2.76. The van der Waals surface area contributed by atoms with E-state index in [1.165, 1.54) is 58.3 Å². The van der Waals surface area contributed by atoms with E-state index in [1.54, 1.807) is 0 Å². The highest BCUT2D eigenvalue weighted by Gasteiger charge is 2.37. The fraction of sp³-hybridized carbons (Fsp3) is 0.938. The maximum absolute atomic E-state index is 9.45. The van der Waals surface area contributed by atoms with E-state index in [4.69, 9.17) is 0 Å². The normalized spacial score (nSPS) is 41.5. The van der Waals surface area contributed by atoms with Gasteiger partial charge in [-0.3, -0.25) is 9.80 Å². The minimum absolute atomic E-state index is 0.282. The van der Waals surface area contributed by atoms with Gasteiger partial charge < -0.3 is 0 Å². The van der Waals surface area contributed by atoms with Crippen molar-refractivity contribution < 1.29 is 0 Å². The van der Waals surface area contributed by atoms with Crippen LogP contribution in [-0.2, 0) is 0 Å². The number of rotatable bonds is 1. The Labute approximate surface area is 117 Å². The molecule has 0 aromatic carbocycles. The predicted molar refractivity (Wildman–Crippen MR) is 76.7 cm³/mol. The van der Waals surface area contributed by atoms with Crippen LogP contribution in [0.15, 0.2) is 0 Å². The topological polar surface area (TPSA) is 30.3 Å². The van der Waals surface area contributed by atoms with Crippen molar-refractivity contribution in [1.29, 1.82) is 5.26 Å². The molecule has 3 heteroatoms. The maximum atomic E-state index is 9.45. The van der Waals surface area contributed by atoms with E-state index in [0.29, 0.717) is 6.04 Å². The van der Waals surface area contributed by atoms with Crippen molar-refractivity contribution >= 4 is 0 Å². The quantitative estimate of drug-likeness (QED) is 0.726. The van der Waals surface area contributed by atoms with Gasteiger partial charge in [0.05, 0.1) is 12.0 Å². The zero-order chi connectivity index (χ0) is 13.2. The minimum atomic E-state index is 0.282. The van der Waals surface area contributed by atoms with Crippen molar-refractivity contribution in [2.75, 3.05) is 26.2 Å². The van der Waals surface area contributed by atoms with E-state index < -0.39 is 0 Å². The monoisotopic (exact) mass is 261 g/mol. The van der Waals surface area contributed by atoms with Gasteiger partial charge in [-0.25, -0.2) is 0 Å². The highest BCUT2D eigenvalue weighted by atomic mass is 15.3. The van der Waals surface area contributed by atoms with Crippen LogP contribution in [0.5, 0.6) is 0 Å². The van der Waals surface area contributed by atoms with E-state index in [9.17, 15) is 5.26 Å². The second-order valence-corrected chi connectivity index (χ2v) is 6.90. The molecule has 1 aliphatic carbocycles. The molecule has 0 radical (unpaired) electrons. The van der Waals surface area contributed by atoms with Crippen LogP contribution >= 0.6 is 0 Å². The molecule has 0 aromatic heterocycles. The zero-order valence-corrected chi connectivity index (χ0v) is 12.2. The first kappa shape index (κ1) is 13.4. The van der Waals surface area contributed by atoms with Crippen LogP contribution in [-0.4, -0.2) is 48.1 Å². The third-order valence-corrected chi connectivity index (χ3v) is 5.55. The Morgan fingerprint density at radius 3 is 2.63 bits per heavy atom. The van der Waals surface area contributed by atoms with E-state index in [1.807, 2.05) is 0 Å². The Bertz CT molecular complexity index is 348. The van der Waals surface area contributed by atoms with Crippen LogP contribution in [0.2, 0.25) is 0 Å². The molecule has 3 fully saturated rings. The number of nitrogens with zero attached hydrogens (tertiary/aromatic N) is 3. The van der Waals surface area contributed by atoms with Crippen LogP contribution in [0.3, 0.4) is 0 Å². The van der Waals surface area contributed by atoms with Crippen LogP contribution < -0.4 is 0 Å². The Balaban J connectivity index is 1.70. The standard InChI is InChI=1S/C16H27N3/c1-13-5-6-14(11-17)16(10-13)19-9-3-8-18-7-2-4-15(18)12-19/h13-16H,2-10,12H2,1H3. The van der Waals surface area contributed by atoms with Crippen molar-refractivity contribution in [2.24, 2.45) is 11.8 Å². The maximum Gasteiger partial charge on any atom is 0.0672 e. The summed E-state index contributed by atoms with van der Waals surface area (Å²) in [5.41, 5.74) is 0. The number of hydrogen-bond acceptors (Lipinski definition) is 3. The molecule has 0 bridgehead atoms. The molecule has 3 aliphatic rings. The van der Waals surface area contributed by atoms with Crippen LogP contribution in [0, 0.1) is 23.2 Å². The van der Waals surface area contributed by atoms with Crippen molar-refractivity contribution in [3.63, 3.8) is 0 Å². The lowest BCUT2D eigenvalue weighted by molar-refractivity contribution is 0.0971. The smallest absolute Gasteiger partial charge is 0.0672 e. The van der Waals surface area contributed by atoms with Crippen molar-refractivity contribution in [1.82, 2.24) is 9.80 Å². The van der Waals surface area contributed by atoms with E-state index in [0.717, 1.165) is 18.4 Å². The van der Waals surface area contributed by atoms with E-state index in [2.05, 4.69) is 22.8 Å². The molecular formula is C16H27N3. The van der Waals surface area contributed by atoms with Gasteiger partial charge in [0, 0.05) is 18.6 Å². The predicted octanol–water partition coefficient (Wildman–Crippen LogP) is 2.48. The number of nitriles is 1. The fourth-order valence-electron chi connectivity index (χ4n) is 4.44. The summed E-state index contributed by atoms with van der Waals surface area (Å²) >= 11 is 0. The molecule has 2 aliphatic heterocycles. The fourth-order valence-corrected chi connectivity index (χ4v) is 4.44. The van der Waals surface area contributed by atoms with Gasteiger partial charge in [0.1, 0.15) is 0 Å². The molecule has 19 heavy (non-hydrogen) atoms. The molecule has 0 spiro atoms. The van der Waals surface area contributed by atoms with Gasteiger partial charge in [-0.15, -0.1) is 0 Å². The Morgan fingerprint density at radius 2 is 1.79 bits per heavy atom. The molecule has 106 valence electrons. The molecule has 3 nitrogen and oxygen atoms in total. The number of hydrogen-bond donors (Lipinski definition) is 0. The third-order valence-electron chi connectivity index (χ3n) is 5.55. The summed E-state index contributed by atoms with van der Waals surface area (Å²) in [5, 5.41) is 9.45. The first-order valence-electron chi connectivity index (χ1n) is 8.15. The van der Waals surface area contributed by atoms with Crippen LogP contribution in [0.4, 0.5) is 0 Å². The van der Waals surface area contributed by atoms with Gasteiger partial charge in [0.2, 0.25) is 0 Å². The number of fused-ring (bicyclic) bond motifs is 1. The Kier molecular flexibility index (Phi) is 4.10. The largest absolute Gasteiger partial charge is 0.299 e. The summed E-state index contributed by atoms with van der Waals surface area (Å²) in [5.74, 6) is 1.08. The zero-order valence-electron chi connectivity index (χ0n) is 12.2. The second-order valence-electron chi connectivity index (χ2n) is 6.90. The van der Waals surface area contributed by atoms with Crippen LogP contribution in [0.25, 0.3) is 0 Å². The molecule has 4 unspecified atom stereocenters. The minimum Gasteiger partial charge on any atom is -0.299 e. The van der Waals surface area contributed by atoms with Crippen molar-refractivity contribution in [2.45, 2.75) is 57.5 Å². The average molecular weight is 261 g/mol. The molecule has 0 amide bonds. The molecule has 2 saturated heterocycles. The summed E-state index contributed by atoms with van der Waals surface area (Å²) < 4.78 is 0. The SMILES string of the molecule is CC1CCC(C#N)C(N2CCCN3CCCC3C2)C1. The van der Waals surface area contributed by atoms with Crippen molar-refractivity contribution in [3.05, 3.63) is 0 Å². The summed E-state index contributed by atoms with van der Waals surface area (Å²) in [6.45, 7) is 7.38. The van der Waals surface area contributed by atoms with Gasteiger partial charge in [-0.2, -0.15) is 5.26 Å². The Morgan fingerprint density at radius 1 is 1.00 bits per heavy atom. The lowest BCUT2D eigenvalue weighted by Crippen LogP contribution is -2.47. The Hall–Kier alpha value is -0.590. The van der Waals surface area contributed by atoms with Gasteiger partial charge in [0.15, 0.2) is 0 Å². The lowest BCUT2D eigenvalue weighted by Gasteiger charge is -2.40. The first-order chi connectivity index (χ1) is 9.28. The molecule has 3 rings (SSSR count). The summed E-state index contributed by atoms with van der Waals surface area (Å²) in [4.78, 5) is 5.37. The van der Waals surface area contributed by atoms with E-state index >= 15 is 0 Å². The summed E-state index contributed by atoms with van der Waals surface area (Å²) in [6.07, 6.45) is 7.65. The highest BCUT2D eigenvalue weighted by molar-refractivity contribution is 4.99. The molecule has 4 atom stereocenters. The highest BCUT2D eigenvalue weighted by Crippen LogP contribution is 2.33. The van der Waals surface area contributed by atoms with Gasteiger partial charge >= 0.3 is 0 Å². The summed E-state index contributed by atoms with van der Waals surface area (Å²) in [7, 11) is 0. The van der Waals surface area contributed by atoms with Gasteiger partial charge in [0.25, 0.3) is 0 Å². The third kappa shape index (κ3) is 2.80. The van der Waals surface area contributed by atoms with Gasteiger partial charge in [-0.1, -0.05) is 6.92 Å². The molecular weight excluding hydrogens is 234 g/mol. The van der Waals surface area contributed by atoms with Crippen molar-refractivity contribution in [3.8, 4) is 6.07 Å². The molecule has 0 aromatic rings.